The molecule has 0 radical (unpaired) electrons. The van der Waals surface area contributed by atoms with Crippen LogP contribution in [0.5, 0.6) is 0 Å². The lowest BCUT2D eigenvalue weighted by molar-refractivity contribution is 0.217. The smallest absolute Gasteiger partial charge is 0.0452 e. The Morgan fingerprint density at radius 2 is 2.06 bits per heavy atom. The van der Waals surface area contributed by atoms with Gasteiger partial charge in [0.2, 0.25) is 0 Å². The summed E-state index contributed by atoms with van der Waals surface area (Å²) < 4.78 is 0. The van der Waals surface area contributed by atoms with Crippen molar-refractivity contribution in [1.29, 1.82) is 0 Å². The van der Waals surface area contributed by atoms with Gasteiger partial charge in [-0.25, -0.2) is 0 Å². The average Bonchev–Trinajstić information content (AvgIpc) is 2.41. The number of nitrogens with two attached hydrogens (primary N) is 2. The Balaban J connectivity index is 2.01. The highest BCUT2D eigenvalue weighted by Crippen LogP contribution is 2.32. The Morgan fingerprint density at radius 3 is 2.67 bits per heavy atom. The van der Waals surface area contributed by atoms with Crippen LogP contribution < -0.4 is 11.5 Å². The number of rotatable bonds is 4. The number of hydrogen-bond donors (Lipinski definition) is 2. The van der Waals surface area contributed by atoms with Gasteiger partial charge < -0.3 is 16.4 Å². The zero-order chi connectivity index (χ0) is 13.0. The van der Waals surface area contributed by atoms with Gasteiger partial charge in [-0.05, 0) is 55.8 Å². The van der Waals surface area contributed by atoms with Gasteiger partial charge in [-0.1, -0.05) is 6.07 Å². The van der Waals surface area contributed by atoms with Crippen molar-refractivity contribution in [2.75, 3.05) is 38.2 Å². The summed E-state index contributed by atoms with van der Waals surface area (Å²) in [4.78, 5) is 3.67. The first-order chi connectivity index (χ1) is 8.74. The number of thioether (sulfide) groups is 1. The third-order valence-electron chi connectivity index (χ3n) is 3.76. The number of likely N-dealkylation sites (tertiary alicyclic amines) is 1. The highest BCUT2D eigenvalue weighted by atomic mass is 32.2. The monoisotopic (exact) mass is 265 g/mol. The zero-order valence-corrected chi connectivity index (χ0v) is 11.9. The van der Waals surface area contributed by atoms with Crippen LogP contribution >= 0.6 is 11.8 Å². The normalized spacial score (nSPS) is 18.1. The molecule has 0 unspecified atom stereocenters. The fourth-order valence-corrected chi connectivity index (χ4v) is 3.21. The second-order valence-corrected chi connectivity index (χ2v) is 5.75. The van der Waals surface area contributed by atoms with Crippen LogP contribution in [0.1, 0.15) is 24.3 Å². The molecule has 1 heterocycles. The molecule has 0 spiro atoms. The van der Waals surface area contributed by atoms with Crippen LogP contribution in [0.2, 0.25) is 0 Å². The van der Waals surface area contributed by atoms with E-state index in [4.69, 9.17) is 11.5 Å². The maximum atomic E-state index is 5.95. The van der Waals surface area contributed by atoms with Crippen LogP contribution in [0.15, 0.2) is 23.1 Å². The van der Waals surface area contributed by atoms with Crippen LogP contribution in [0.4, 0.5) is 5.69 Å². The van der Waals surface area contributed by atoms with Crippen LogP contribution in [0.3, 0.4) is 0 Å². The zero-order valence-electron chi connectivity index (χ0n) is 11.1. The van der Waals surface area contributed by atoms with E-state index < -0.39 is 0 Å². The molecule has 3 nitrogen and oxygen atoms in total. The van der Waals surface area contributed by atoms with Crippen LogP contribution in [0, 0.1) is 0 Å². The molecule has 0 saturated carbocycles. The van der Waals surface area contributed by atoms with E-state index in [0.717, 1.165) is 18.8 Å². The predicted octanol–water partition coefficient (Wildman–Crippen LogP) is 2.13. The second kappa shape index (κ2) is 6.45. The third kappa shape index (κ3) is 3.19. The van der Waals surface area contributed by atoms with Gasteiger partial charge in [0.25, 0.3) is 0 Å². The van der Waals surface area contributed by atoms with Crippen molar-refractivity contribution in [3.05, 3.63) is 23.8 Å². The van der Waals surface area contributed by atoms with Gasteiger partial charge in [-0.2, -0.15) is 0 Å². The molecule has 4 N–H and O–H groups in total. The van der Waals surface area contributed by atoms with E-state index in [1.54, 1.807) is 11.8 Å². The summed E-state index contributed by atoms with van der Waals surface area (Å²) in [5.74, 6) is 0.686. The molecular weight excluding hydrogens is 242 g/mol. The lowest BCUT2D eigenvalue weighted by Gasteiger charge is -2.32. The SMILES string of the molecule is CSc1cc(C2CCN(CCN)CC2)ccc1N. The molecule has 1 saturated heterocycles. The molecule has 1 aromatic rings. The first kappa shape index (κ1) is 13.7. The Morgan fingerprint density at radius 1 is 1.33 bits per heavy atom. The molecule has 100 valence electrons. The van der Waals surface area contributed by atoms with Gasteiger partial charge in [0, 0.05) is 23.7 Å². The average molecular weight is 265 g/mol. The van der Waals surface area contributed by atoms with Crippen LogP contribution in [-0.4, -0.2) is 37.3 Å². The van der Waals surface area contributed by atoms with Gasteiger partial charge >= 0.3 is 0 Å². The fourth-order valence-electron chi connectivity index (χ4n) is 2.65. The first-order valence-corrected chi connectivity index (χ1v) is 7.83. The maximum absolute atomic E-state index is 5.95. The highest BCUT2D eigenvalue weighted by Gasteiger charge is 2.20. The second-order valence-electron chi connectivity index (χ2n) is 4.91. The summed E-state index contributed by atoms with van der Waals surface area (Å²) in [5, 5.41) is 0. The molecule has 4 heteroatoms. The molecule has 1 aliphatic rings. The minimum absolute atomic E-state index is 0.686. The summed E-state index contributed by atoms with van der Waals surface area (Å²) in [6.07, 6.45) is 4.55. The van der Waals surface area contributed by atoms with Crippen molar-refractivity contribution >= 4 is 17.4 Å². The number of anilines is 1. The summed E-state index contributed by atoms with van der Waals surface area (Å²) in [5.41, 5.74) is 13.9. The Hall–Kier alpha value is -0.710. The van der Waals surface area contributed by atoms with Crippen LogP contribution in [-0.2, 0) is 0 Å². The minimum Gasteiger partial charge on any atom is -0.398 e. The molecule has 0 aromatic heterocycles. The molecule has 1 aliphatic heterocycles. The number of piperidine rings is 1. The van der Waals surface area contributed by atoms with Gasteiger partial charge in [0.05, 0.1) is 0 Å². The third-order valence-corrected chi connectivity index (χ3v) is 4.56. The number of benzene rings is 1. The Bertz CT molecular complexity index is 387. The molecule has 0 bridgehead atoms. The van der Waals surface area contributed by atoms with Gasteiger partial charge in [-0.3, -0.25) is 0 Å². The van der Waals surface area contributed by atoms with E-state index >= 15 is 0 Å². The maximum Gasteiger partial charge on any atom is 0.0452 e. The highest BCUT2D eigenvalue weighted by molar-refractivity contribution is 7.98. The molecule has 2 rings (SSSR count). The minimum atomic E-state index is 0.686. The summed E-state index contributed by atoms with van der Waals surface area (Å²) in [6, 6.07) is 6.51. The standard InChI is InChI=1S/C14H23N3S/c1-18-14-10-12(2-3-13(14)16)11-4-7-17(8-5-11)9-6-15/h2-3,10-11H,4-9,15-16H2,1H3. The molecule has 1 aromatic carbocycles. The molecular formula is C14H23N3S. The van der Waals surface area contributed by atoms with E-state index in [9.17, 15) is 0 Å². The molecule has 0 amide bonds. The molecule has 0 aliphatic carbocycles. The summed E-state index contributed by atoms with van der Waals surface area (Å²) in [7, 11) is 0. The lowest BCUT2D eigenvalue weighted by atomic mass is 9.89. The van der Waals surface area contributed by atoms with Crippen molar-refractivity contribution in [2.24, 2.45) is 5.73 Å². The van der Waals surface area contributed by atoms with Crippen molar-refractivity contribution in [3.8, 4) is 0 Å². The molecule has 1 fully saturated rings. The Labute approximate surface area is 114 Å². The van der Waals surface area contributed by atoms with E-state index in [0.29, 0.717) is 5.92 Å². The predicted molar refractivity (Wildman–Crippen MR) is 80.1 cm³/mol. The van der Waals surface area contributed by atoms with Crippen molar-refractivity contribution in [1.82, 2.24) is 4.90 Å². The fraction of sp³-hybridized carbons (Fsp3) is 0.571. The van der Waals surface area contributed by atoms with Gasteiger partial charge in [0.15, 0.2) is 0 Å². The first-order valence-electron chi connectivity index (χ1n) is 6.60. The number of nitrogen functional groups attached to an aromatic ring is 1. The number of nitrogens with zero attached hydrogens (tertiary/aromatic N) is 1. The topological polar surface area (TPSA) is 55.3 Å². The number of hydrogen-bond acceptors (Lipinski definition) is 4. The van der Waals surface area contributed by atoms with E-state index in [-0.39, 0.29) is 0 Å². The van der Waals surface area contributed by atoms with Crippen molar-refractivity contribution in [2.45, 2.75) is 23.7 Å². The largest absolute Gasteiger partial charge is 0.398 e. The summed E-state index contributed by atoms with van der Waals surface area (Å²) >= 11 is 1.73. The van der Waals surface area contributed by atoms with Crippen molar-refractivity contribution < 1.29 is 0 Å². The van der Waals surface area contributed by atoms with E-state index in [1.165, 1.54) is 36.4 Å². The van der Waals surface area contributed by atoms with E-state index in [1.807, 2.05) is 6.07 Å². The van der Waals surface area contributed by atoms with Gasteiger partial charge in [0.1, 0.15) is 0 Å². The molecule has 18 heavy (non-hydrogen) atoms. The quantitative estimate of drug-likeness (QED) is 0.647. The molecule has 0 atom stereocenters. The van der Waals surface area contributed by atoms with Crippen LogP contribution in [0.25, 0.3) is 0 Å². The van der Waals surface area contributed by atoms with Gasteiger partial charge in [-0.15, -0.1) is 11.8 Å². The lowest BCUT2D eigenvalue weighted by Crippen LogP contribution is -2.36. The summed E-state index contributed by atoms with van der Waals surface area (Å²) in [6.45, 7) is 4.13. The van der Waals surface area contributed by atoms with E-state index in [2.05, 4.69) is 23.3 Å². The Kier molecular flexibility index (Phi) is 4.92. The van der Waals surface area contributed by atoms with Crippen molar-refractivity contribution in [3.63, 3.8) is 0 Å².